The summed E-state index contributed by atoms with van der Waals surface area (Å²) in [7, 11) is 0. The second-order valence-corrected chi connectivity index (χ2v) is 3.79. The second-order valence-electron chi connectivity index (χ2n) is 3.79. The van der Waals surface area contributed by atoms with E-state index in [1.54, 1.807) is 19.1 Å². The van der Waals surface area contributed by atoms with Gasteiger partial charge in [0.05, 0.1) is 6.61 Å². The fourth-order valence-corrected chi connectivity index (χ4v) is 1.68. The lowest BCUT2D eigenvalue weighted by Gasteiger charge is -2.05. The van der Waals surface area contributed by atoms with Crippen molar-refractivity contribution in [3.8, 4) is 0 Å². The number of hydrogen-bond acceptors (Lipinski definition) is 4. The standard InChI is InChI=1S/C13H14FNO3/c1-2-17-13(16)12-11(18-8-15-12)7-9-3-5-10(14)6-4-9/h3-6,15H,2,7-8H2,1H3. The summed E-state index contributed by atoms with van der Waals surface area (Å²) >= 11 is 0. The van der Waals surface area contributed by atoms with Gasteiger partial charge < -0.3 is 14.8 Å². The van der Waals surface area contributed by atoms with Crippen molar-refractivity contribution in [2.24, 2.45) is 0 Å². The molecule has 0 aromatic heterocycles. The number of carbonyl (C=O) groups is 1. The fraction of sp³-hybridized carbons (Fsp3) is 0.308. The number of carbonyl (C=O) groups excluding carboxylic acids is 1. The molecular weight excluding hydrogens is 237 g/mol. The number of hydrogen-bond donors (Lipinski definition) is 1. The molecule has 18 heavy (non-hydrogen) atoms. The highest BCUT2D eigenvalue weighted by Crippen LogP contribution is 2.17. The zero-order valence-corrected chi connectivity index (χ0v) is 10.0. The Kier molecular flexibility index (Phi) is 3.82. The van der Waals surface area contributed by atoms with Gasteiger partial charge in [-0.2, -0.15) is 0 Å². The molecule has 0 saturated heterocycles. The summed E-state index contributed by atoms with van der Waals surface area (Å²) in [5.74, 6) is -0.184. The van der Waals surface area contributed by atoms with Crippen molar-refractivity contribution < 1.29 is 18.7 Å². The first-order valence-electron chi connectivity index (χ1n) is 5.72. The second kappa shape index (κ2) is 5.53. The number of esters is 1. The van der Waals surface area contributed by atoms with E-state index in [-0.39, 0.29) is 12.5 Å². The highest BCUT2D eigenvalue weighted by molar-refractivity contribution is 5.88. The number of benzene rings is 1. The molecule has 1 aliphatic heterocycles. The Bertz CT molecular complexity index is 468. The first-order chi connectivity index (χ1) is 8.70. The molecule has 0 bridgehead atoms. The number of nitrogens with one attached hydrogen (secondary N) is 1. The van der Waals surface area contributed by atoms with Crippen LogP contribution >= 0.6 is 0 Å². The minimum Gasteiger partial charge on any atom is -0.475 e. The van der Waals surface area contributed by atoms with Crippen LogP contribution in [0.25, 0.3) is 0 Å². The Hall–Kier alpha value is -2.04. The number of allylic oxidation sites excluding steroid dienone is 1. The van der Waals surface area contributed by atoms with Crippen molar-refractivity contribution in [3.05, 3.63) is 47.1 Å². The van der Waals surface area contributed by atoms with Crippen LogP contribution in [0.5, 0.6) is 0 Å². The third-order valence-corrected chi connectivity index (χ3v) is 2.53. The van der Waals surface area contributed by atoms with Gasteiger partial charge in [-0.25, -0.2) is 9.18 Å². The largest absolute Gasteiger partial charge is 0.475 e. The molecule has 4 nitrogen and oxygen atoms in total. The van der Waals surface area contributed by atoms with Gasteiger partial charge in [-0.05, 0) is 24.6 Å². The maximum atomic E-state index is 12.8. The van der Waals surface area contributed by atoms with Gasteiger partial charge in [-0.1, -0.05) is 12.1 Å². The van der Waals surface area contributed by atoms with Gasteiger partial charge in [0.1, 0.15) is 11.6 Å². The van der Waals surface area contributed by atoms with Crippen LogP contribution in [0, 0.1) is 5.82 Å². The molecule has 0 saturated carbocycles. The Balaban J connectivity index is 2.13. The van der Waals surface area contributed by atoms with Crippen LogP contribution in [0.1, 0.15) is 12.5 Å². The number of rotatable bonds is 4. The Labute approximate surface area is 104 Å². The van der Waals surface area contributed by atoms with Crippen LogP contribution in [-0.4, -0.2) is 19.3 Å². The van der Waals surface area contributed by atoms with E-state index in [1.807, 2.05) is 0 Å². The smallest absolute Gasteiger partial charge is 0.358 e. The summed E-state index contributed by atoms with van der Waals surface area (Å²) in [6, 6.07) is 6.07. The number of ether oxygens (including phenoxy) is 2. The summed E-state index contributed by atoms with van der Waals surface area (Å²) in [6.45, 7) is 2.31. The van der Waals surface area contributed by atoms with Gasteiger partial charge in [-0.3, -0.25) is 0 Å². The molecule has 0 fully saturated rings. The monoisotopic (exact) mass is 251 g/mol. The minimum absolute atomic E-state index is 0.255. The molecule has 1 aliphatic rings. The zero-order valence-electron chi connectivity index (χ0n) is 10.0. The normalized spacial score (nSPS) is 14.1. The molecule has 0 amide bonds. The van der Waals surface area contributed by atoms with Crippen molar-refractivity contribution in [2.75, 3.05) is 13.3 Å². The van der Waals surface area contributed by atoms with E-state index in [2.05, 4.69) is 5.32 Å². The van der Waals surface area contributed by atoms with Gasteiger partial charge in [0.15, 0.2) is 12.4 Å². The summed E-state index contributed by atoms with van der Waals surface area (Å²) in [6.07, 6.45) is 0.432. The van der Waals surface area contributed by atoms with Gasteiger partial charge in [0.25, 0.3) is 0 Å². The van der Waals surface area contributed by atoms with Crippen molar-refractivity contribution >= 4 is 5.97 Å². The molecule has 5 heteroatoms. The predicted molar refractivity (Wildman–Crippen MR) is 62.9 cm³/mol. The third-order valence-electron chi connectivity index (χ3n) is 2.53. The SMILES string of the molecule is CCOC(=O)C1=C(Cc2ccc(F)cc2)OCN1. The first kappa shape index (κ1) is 12.4. The van der Waals surface area contributed by atoms with Gasteiger partial charge >= 0.3 is 5.97 Å². The van der Waals surface area contributed by atoms with Crippen LogP contribution in [0.15, 0.2) is 35.7 Å². The quantitative estimate of drug-likeness (QED) is 0.828. The van der Waals surface area contributed by atoms with Gasteiger partial charge in [-0.15, -0.1) is 0 Å². The first-order valence-corrected chi connectivity index (χ1v) is 5.72. The fourth-order valence-electron chi connectivity index (χ4n) is 1.68. The van der Waals surface area contributed by atoms with Crippen LogP contribution < -0.4 is 5.32 Å². The van der Waals surface area contributed by atoms with E-state index in [0.717, 1.165) is 5.56 Å². The van der Waals surface area contributed by atoms with Crippen molar-refractivity contribution in [1.29, 1.82) is 0 Å². The molecule has 0 atom stereocenters. The van der Waals surface area contributed by atoms with Crippen molar-refractivity contribution in [1.82, 2.24) is 5.32 Å². The van der Waals surface area contributed by atoms with Gasteiger partial charge in [0, 0.05) is 6.42 Å². The molecule has 1 aromatic rings. The summed E-state index contributed by atoms with van der Waals surface area (Å²) in [4.78, 5) is 11.6. The third kappa shape index (κ3) is 2.80. The van der Waals surface area contributed by atoms with E-state index < -0.39 is 5.97 Å². The lowest BCUT2D eigenvalue weighted by molar-refractivity contribution is -0.138. The average Bonchev–Trinajstić information content (AvgIpc) is 2.81. The molecule has 1 heterocycles. The molecule has 0 unspecified atom stereocenters. The maximum absolute atomic E-state index is 12.8. The molecule has 1 aromatic carbocycles. The number of halogens is 1. The Morgan fingerprint density at radius 2 is 2.17 bits per heavy atom. The Morgan fingerprint density at radius 3 is 2.83 bits per heavy atom. The summed E-state index contributed by atoms with van der Waals surface area (Å²) in [5.41, 5.74) is 1.22. The average molecular weight is 251 g/mol. The lowest BCUT2D eigenvalue weighted by Crippen LogP contribution is -2.19. The lowest BCUT2D eigenvalue weighted by atomic mass is 10.1. The van der Waals surface area contributed by atoms with Crippen molar-refractivity contribution in [2.45, 2.75) is 13.3 Å². The maximum Gasteiger partial charge on any atom is 0.358 e. The highest BCUT2D eigenvalue weighted by atomic mass is 19.1. The van der Waals surface area contributed by atoms with Crippen LogP contribution in [0.2, 0.25) is 0 Å². The molecule has 0 radical (unpaired) electrons. The topological polar surface area (TPSA) is 47.6 Å². The predicted octanol–water partition coefficient (Wildman–Crippen LogP) is 1.72. The minimum atomic E-state index is -0.424. The van der Waals surface area contributed by atoms with E-state index in [0.29, 0.717) is 24.5 Å². The molecule has 2 rings (SSSR count). The van der Waals surface area contributed by atoms with Crippen LogP contribution in [-0.2, 0) is 20.7 Å². The van der Waals surface area contributed by atoms with Crippen LogP contribution in [0.3, 0.4) is 0 Å². The molecule has 0 aliphatic carbocycles. The summed E-state index contributed by atoms with van der Waals surface area (Å²) in [5, 5.41) is 2.83. The van der Waals surface area contributed by atoms with Crippen molar-refractivity contribution in [3.63, 3.8) is 0 Å². The van der Waals surface area contributed by atoms with Gasteiger partial charge in [0.2, 0.25) is 0 Å². The molecular formula is C13H14FNO3. The van der Waals surface area contributed by atoms with E-state index in [9.17, 15) is 9.18 Å². The molecule has 96 valence electrons. The van der Waals surface area contributed by atoms with E-state index in [1.165, 1.54) is 12.1 Å². The molecule has 0 spiro atoms. The summed E-state index contributed by atoms with van der Waals surface area (Å²) < 4.78 is 23.0. The highest BCUT2D eigenvalue weighted by Gasteiger charge is 2.23. The Morgan fingerprint density at radius 1 is 1.44 bits per heavy atom. The molecule has 1 N–H and O–H groups in total. The van der Waals surface area contributed by atoms with Crippen LogP contribution in [0.4, 0.5) is 4.39 Å². The van der Waals surface area contributed by atoms with E-state index in [4.69, 9.17) is 9.47 Å². The van der Waals surface area contributed by atoms with E-state index >= 15 is 0 Å². The zero-order chi connectivity index (χ0) is 13.0.